The summed E-state index contributed by atoms with van der Waals surface area (Å²) >= 11 is 11.9. The first-order valence-corrected chi connectivity index (χ1v) is 9.18. The van der Waals surface area contributed by atoms with Crippen LogP contribution in [-0.2, 0) is 25.1 Å². The molecule has 0 fully saturated rings. The van der Waals surface area contributed by atoms with Gasteiger partial charge in [-0.15, -0.1) is 0 Å². The quantitative estimate of drug-likeness (QED) is 0.716. The van der Waals surface area contributed by atoms with Crippen LogP contribution in [0.25, 0.3) is 0 Å². The van der Waals surface area contributed by atoms with Gasteiger partial charge in [0.2, 0.25) is 5.91 Å². The molecule has 0 saturated carbocycles. The predicted octanol–water partition coefficient (Wildman–Crippen LogP) is 2.45. The molecule has 1 amide bonds. The maximum atomic E-state index is 12.3. The van der Waals surface area contributed by atoms with Gasteiger partial charge in [0.1, 0.15) is 5.25 Å². The van der Waals surface area contributed by atoms with Crippen molar-refractivity contribution in [2.24, 2.45) is 0 Å². The van der Waals surface area contributed by atoms with E-state index >= 15 is 0 Å². The molecule has 1 aromatic carbocycles. The number of hydrogen-bond donors (Lipinski definition) is 1. The summed E-state index contributed by atoms with van der Waals surface area (Å²) in [5, 5.41) is 1.93. The molecule has 0 aliphatic rings. The Morgan fingerprint density at radius 2 is 1.91 bits per heavy atom. The number of halogens is 2. The molecule has 1 aromatic rings. The van der Waals surface area contributed by atoms with E-state index in [9.17, 15) is 13.2 Å². The van der Waals surface area contributed by atoms with Gasteiger partial charge < -0.3 is 10.1 Å². The van der Waals surface area contributed by atoms with Crippen LogP contribution in [0.2, 0.25) is 10.0 Å². The van der Waals surface area contributed by atoms with Crippen molar-refractivity contribution in [1.82, 2.24) is 5.32 Å². The number of benzene rings is 1. The maximum Gasteiger partial charge on any atom is 0.238 e. The van der Waals surface area contributed by atoms with Gasteiger partial charge in [0.15, 0.2) is 9.84 Å². The van der Waals surface area contributed by atoms with E-state index < -0.39 is 21.0 Å². The summed E-state index contributed by atoms with van der Waals surface area (Å²) in [5.74, 6) is -0.919. The lowest BCUT2D eigenvalue weighted by Gasteiger charge is -2.14. The second-order valence-corrected chi connectivity index (χ2v) is 7.92. The molecule has 0 saturated heterocycles. The van der Waals surface area contributed by atoms with Crippen molar-refractivity contribution >= 4 is 38.9 Å². The molecule has 0 aromatic heterocycles. The first-order valence-electron chi connectivity index (χ1n) is 6.70. The first-order chi connectivity index (χ1) is 10.3. The van der Waals surface area contributed by atoms with Crippen LogP contribution in [0.5, 0.6) is 0 Å². The summed E-state index contributed by atoms with van der Waals surface area (Å²) in [6, 6.07) is 4.76. The third-order valence-electron chi connectivity index (χ3n) is 3.14. The Kier molecular flexibility index (Phi) is 7.62. The molecule has 0 spiro atoms. The molecule has 8 heteroatoms. The molecule has 0 heterocycles. The number of ether oxygens (including phenoxy) is 1. The fraction of sp³-hybridized carbons (Fsp3) is 0.500. The van der Waals surface area contributed by atoms with Crippen LogP contribution in [0.3, 0.4) is 0 Å². The fourth-order valence-corrected chi connectivity index (χ4v) is 3.79. The molecule has 22 heavy (non-hydrogen) atoms. The second kappa shape index (κ2) is 8.72. The van der Waals surface area contributed by atoms with Crippen LogP contribution < -0.4 is 5.32 Å². The molecule has 1 unspecified atom stereocenters. The number of hydrogen-bond acceptors (Lipinski definition) is 4. The van der Waals surface area contributed by atoms with Gasteiger partial charge in [-0.25, -0.2) is 8.42 Å². The highest BCUT2D eigenvalue weighted by Crippen LogP contribution is 2.27. The minimum atomic E-state index is -3.71. The van der Waals surface area contributed by atoms with E-state index in [2.05, 4.69) is 5.32 Å². The Morgan fingerprint density at radius 3 is 2.45 bits per heavy atom. The van der Waals surface area contributed by atoms with Crippen LogP contribution >= 0.6 is 23.2 Å². The van der Waals surface area contributed by atoms with Gasteiger partial charge in [0, 0.05) is 35.9 Å². The van der Waals surface area contributed by atoms with Crippen molar-refractivity contribution in [3.63, 3.8) is 0 Å². The SMILES string of the molecule is COCCCNC(=O)C(C)S(=O)(=O)Cc1c(Cl)cccc1Cl. The van der Waals surface area contributed by atoms with Crippen molar-refractivity contribution in [2.45, 2.75) is 24.3 Å². The average molecular weight is 368 g/mol. The lowest BCUT2D eigenvalue weighted by atomic mass is 10.2. The van der Waals surface area contributed by atoms with Gasteiger partial charge in [0.25, 0.3) is 0 Å². The van der Waals surface area contributed by atoms with Crippen LogP contribution in [0.1, 0.15) is 18.9 Å². The number of methoxy groups -OCH3 is 1. The Hall–Kier alpha value is -0.820. The van der Waals surface area contributed by atoms with Gasteiger partial charge in [-0.3, -0.25) is 4.79 Å². The highest BCUT2D eigenvalue weighted by atomic mass is 35.5. The van der Waals surface area contributed by atoms with Gasteiger partial charge in [-0.05, 0) is 25.5 Å². The van der Waals surface area contributed by atoms with E-state index in [1.165, 1.54) is 6.92 Å². The monoisotopic (exact) mass is 367 g/mol. The van der Waals surface area contributed by atoms with Gasteiger partial charge in [0.05, 0.1) is 5.75 Å². The van der Waals surface area contributed by atoms with Crippen molar-refractivity contribution in [2.75, 3.05) is 20.3 Å². The first kappa shape index (κ1) is 19.2. The summed E-state index contributed by atoms with van der Waals surface area (Å²) in [4.78, 5) is 11.9. The summed E-state index contributed by atoms with van der Waals surface area (Å²) in [6.45, 7) is 2.21. The summed E-state index contributed by atoms with van der Waals surface area (Å²) in [5.41, 5.74) is 0.310. The fourth-order valence-electron chi connectivity index (χ4n) is 1.73. The summed E-state index contributed by atoms with van der Waals surface area (Å²) in [7, 11) is -2.15. The van der Waals surface area contributed by atoms with E-state index in [0.717, 1.165) is 0 Å². The van der Waals surface area contributed by atoms with Gasteiger partial charge in [-0.1, -0.05) is 29.3 Å². The lowest BCUT2D eigenvalue weighted by molar-refractivity contribution is -0.120. The number of carbonyl (C=O) groups excluding carboxylic acids is 1. The van der Waals surface area contributed by atoms with Gasteiger partial charge in [-0.2, -0.15) is 0 Å². The maximum absolute atomic E-state index is 12.3. The Bertz CT molecular complexity index is 599. The zero-order chi connectivity index (χ0) is 16.8. The number of amides is 1. The number of rotatable bonds is 8. The molecule has 0 aliphatic heterocycles. The molecule has 5 nitrogen and oxygen atoms in total. The standard InChI is InChI=1S/C14H19Cl2NO4S/c1-10(14(18)17-7-4-8-21-2)22(19,20)9-11-12(15)5-3-6-13(11)16/h3,5-6,10H,4,7-9H2,1-2H3,(H,17,18). The number of sulfone groups is 1. The number of carbonyl (C=O) groups is 1. The zero-order valence-corrected chi connectivity index (χ0v) is 14.8. The third-order valence-corrected chi connectivity index (χ3v) is 5.83. The minimum absolute atomic E-state index is 0.267. The largest absolute Gasteiger partial charge is 0.385 e. The molecule has 0 radical (unpaired) electrons. The van der Waals surface area contributed by atoms with Gasteiger partial charge >= 0.3 is 0 Å². The zero-order valence-electron chi connectivity index (χ0n) is 12.4. The Morgan fingerprint density at radius 1 is 1.32 bits per heavy atom. The molecule has 124 valence electrons. The van der Waals surface area contributed by atoms with Crippen molar-refractivity contribution in [1.29, 1.82) is 0 Å². The van der Waals surface area contributed by atoms with E-state index in [0.29, 0.717) is 25.1 Å². The van der Waals surface area contributed by atoms with Crippen molar-refractivity contribution in [3.8, 4) is 0 Å². The Labute approximate surface area is 140 Å². The molecule has 1 rings (SSSR count). The minimum Gasteiger partial charge on any atom is -0.385 e. The molecule has 1 atom stereocenters. The smallest absolute Gasteiger partial charge is 0.238 e. The highest BCUT2D eigenvalue weighted by Gasteiger charge is 2.29. The molecular formula is C14H19Cl2NO4S. The van der Waals surface area contributed by atoms with Crippen molar-refractivity contribution in [3.05, 3.63) is 33.8 Å². The lowest BCUT2D eigenvalue weighted by Crippen LogP contribution is -2.39. The van der Waals surface area contributed by atoms with Crippen LogP contribution in [0.4, 0.5) is 0 Å². The average Bonchev–Trinajstić information content (AvgIpc) is 2.46. The van der Waals surface area contributed by atoms with Crippen LogP contribution in [0, 0.1) is 0 Å². The predicted molar refractivity (Wildman–Crippen MR) is 88.1 cm³/mol. The van der Waals surface area contributed by atoms with E-state index in [4.69, 9.17) is 27.9 Å². The van der Waals surface area contributed by atoms with Crippen LogP contribution in [-0.4, -0.2) is 39.8 Å². The van der Waals surface area contributed by atoms with E-state index in [1.54, 1.807) is 25.3 Å². The van der Waals surface area contributed by atoms with Crippen LogP contribution in [0.15, 0.2) is 18.2 Å². The Balaban J connectivity index is 2.75. The molecule has 0 aliphatic carbocycles. The highest BCUT2D eigenvalue weighted by molar-refractivity contribution is 7.92. The normalized spacial score (nSPS) is 12.9. The topological polar surface area (TPSA) is 72.5 Å². The molecule has 0 bridgehead atoms. The van der Waals surface area contributed by atoms with Crippen molar-refractivity contribution < 1.29 is 17.9 Å². The number of nitrogens with one attached hydrogen (secondary N) is 1. The second-order valence-electron chi connectivity index (χ2n) is 4.79. The summed E-state index contributed by atoms with van der Waals surface area (Å²) in [6.07, 6.45) is 0.616. The van der Waals surface area contributed by atoms with E-state index in [1.807, 2.05) is 0 Å². The third kappa shape index (κ3) is 5.43. The van der Waals surface area contributed by atoms with E-state index in [-0.39, 0.29) is 15.8 Å². The molecular weight excluding hydrogens is 349 g/mol. The summed E-state index contributed by atoms with van der Waals surface area (Å²) < 4.78 is 29.5. The molecule has 1 N–H and O–H groups in total.